The number of carbonyl (C=O) groups is 2. The number of nitrogens with one attached hydrogen (secondary N) is 1. The maximum absolute atomic E-state index is 12.2. The van der Waals surface area contributed by atoms with E-state index in [1.54, 1.807) is 13.8 Å². The van der Waals surface area contributed by atoms with Crippen LogP contribution < -0.4 is 0 Å². The normalized spacial score (nSPS) is 10.3. The summed E-state index contributed by atoms with van der Waals surface area (Å²) in [5.74, 6) is -0.933. The van der Waals surface area contributed by atoms with Crippen molar-refractivity contribution in [2.45, 2.75) is 20.5 Å². The number of halogens is 1. The van der Waals surface area contributed by atoms with E-state index in [4.69, 9.17) is 9.47 Å². The van der Waals surface area contributed by atoms with Crippen LogP contribution in [0.5, 0.6) is 0 Å². The Morgan fingerprint density at radius 1 is 1.14 bits per heavy atom. The maximum Gasteiger partial charge on any atom is 0.355 e. The Labute approximate surface area is 142 Å². The highest BCUT2D eigenvalue weighted by molar-refractivity contribution is 14.1. The molecule has 5 nitrogen and oxygen atoms in total. The van der Waals surface area contributed by atoms with Gasteiger partial charge in [0.05, 0.1) is 15.9 Å². The van der Waals surface area contributed by atoms with Gasteiger partial charge < -0.3 is 14.5 Å². The summed E-state index contributed by atoms with van der Waals surface area (Å²) in [7, 11) is 0. The van der Waals surface area contributed by atoms with Crippen molar-refractivity contribution < 1.29 is 19.1 Å². The number of hydrogen-bond donors (Lipinski definition) is 1. The summed E-state index contributed by atoms with van der Waals surface area (Å²) in [6, 6.07) is 9.41. The second-order valence-electron chi connectivity index (χ2n) is 4.60. The molecule has 0 bridgehead atoms. The molecule has 6 heteroatoms. The van der Waals surface area contributed by atoms with E-state index < -0.39 is 11.9 Å². The third kappa shape index (κ3) is 3.68. The van der Waals surface area contributed by atoms with Crippen molar-refractivity contribution in [3.05, 3.63) is 56.4 Å². The molecule has 2 rings (SSSR count). The Kier molecular flexibility index (Phi) is 5.59. The molecule has 0 radical (unpaired) electrons. The van der Waals surface area contributed by atoms with Crippen LogP contribution in [-0.4, -0.2) is 23.5 Å². The number of esters is 2. The predicted octanol–water partition coefficient (Wildman–Crippen LogP) is 3.46. The molecule has 1 aromatic heterocycles. The van der Waals surface area contributed by atoms with E-state index in [2.05, 4.69) is 4.98 Å². The first-order chi connectivity index (χ1) is 10.5. The van der Waals surface area contributed by atoms with Crippen LogP contribution in [-0.2, 0) is 16.1 Å². The average molecular weight is 413 g/mol. The standard InChI is InChI=1S/C16H16INO4/c1-3-21-15(19)12-10(2)13(18-14(12)17)16(20)22-9-11-7-5-4-6-8-11/h4-8,18H,3,9H2,1-2H3. The molecule has 1 N–H and O–H groups in total. The van der Waals surface area contributed by atoms with Crippen LogP contribution >= 0.6 is 22.6 Å². The molecule has 0 aliphatic carbocycles. The van der Waals surface area contributed by atoms with Crippen LogP contribution in [0.25, 0.3) is 0 Å². The minimum Gasteiger partial charge on any atom is -0.462 e. The van der Waals surface area contributed by atoms with Crippen molar-refractivity contribution >= 4 is 34.5 Å². The molecule has 0 saturated carbocycles. The molecule has 0 aliphatic heterocycles. The summed E-state index contributed by atoms with van der Waals surface area (Å²) in [5, 5.41) is 0. The van der Waals surface area contributed by atoms with Gasteiger partial charge in [-0.15, -0.1) is 0 Å². The fraction of sp³-hybridized carbons (Fsp3) is 0.250. The fourth-order valence-corrected chi connectivity index (χ4v) is 2.90. The lowest BCUT2D eigenvalue weighted by atomic mass is 10.1. The minimum atomic E-state index is -0.491. The summed E-state index contributed by atoms with van der Waals surface area (Å²) >= 11 is 1.97. The van der Waals surface area contributed by atoms with Gasteiger partial charge in [-0.05, 0) is 47.6 Å². The zero-order valence-electron chi connectivity index (χ0n) is 12.3. The van der Waals surface area contributed by atoms with Crippen LogP contribution in [0.4, 0.5) is 0 Å². The van der Waals surface area contributed by atoms with Crippen molar-refractivity contribution in [1.82, 2.24) is 4.98 Å². The second-order valence-corrected chi connectivity index (χ2v) is 5.67. The monoisotopic (exact) mass is 413 g/mol. The maximum atomic E-state index is 12.2. The molecule has 0 saturated heterocycles. The highest BCUT2D eigenvalue weighted by atomic mass is 127. The van der Waals surface area contributed by atoms with E-state index in [-0.39, 0.29) is 18.9 Å². The number of aromatic nitrogens is 1. The number of ether oxygens (including phenoxy) is 2. The SMILES string of the molecule is CCOC(=O)c1c(I)[nH]c(C(=O)OCc2ccccc2)c1C. The molecule has 0 amide bonds. The lowest BCUT2D eigenvalue weighted by Gasteiger charge is -2.05. The number of rotatable bonds is 5. The van der Waals surface area contributed by atoms with Crippen LogP contribution in [0.2, 0.25) is 0 Å². The van der Waals surface area contributed by atoms with E-state index in [0.717, 1.165) is 5.56 Å². The van der Waals surface area contributed by atoms with Gasteiger partial charge in [0, 0.05) is 0 Å². The Morgan fingerprint density at radius 2 is 1.82 bits per heavy atom. The Morgan fingerprint density at radius 3 is 2.45 bits per heavy atom. The zero-order valence-corrected chi connectivity index (χ0v) is 14.5. The second kappa shape index (κ2) is 7.44. The Bertz CT molecular complexity index is 679. The van der Waals surface area contributed by atoms with Crippen LogP contribution in [0.15, 0.2) is 30.3 Å². The van der Waals surface area contributed by atoms with Crippen molar-refractivity contribution in [3.63, 3.8) is 0 Å². The molecule has 1 aromatic carbocycles. The van der Waals surface area contributed by atoms with Gasteiger partial charge in [-0.25, -0.2) is 9.59 Å². The van der Waals surface area contributed by atoms with Crippen molar-refractivity contribution in [2.75, 3.05) is 6.61 Å². The fourth-order valence-electron chi connectivity index (χ4n) is 2.00. The van der Waals surface area contributed by atoms with Crippen LogP contribution in [0.1, 0.15) is 38.9 Å². The number of carbonyl (C=O) groups excluding carboxylic acids is 2. The Hall–Kier alpha value is -1.83. The summed E-state index contributed by atoms with van der Waals surface area (Å²) in [6.45, 7) is 3.91. The minimum absolute atomic E-state index is 0.184. The largest absolute Gasteiger partial charge is 0.462 e. The van der Waals surface area contributed by atoms with Gasteiger partial charge in [0.2, 0.25) is 0 Å². The number of H-pyrrole nitrogens is 1. The number of hydrogen-bond acceptors (Lipinski definition) is 4. The van der Waals surface area contributed by atoms with Gasteiger partial charge in [-0.1, -0.05) is 30.3 Å². The summed E-state index contributed by atoms with van der Waals surface area (Å²) in [5.41, 5.74) is 2.11. The molecule has 0 atom stereocenters. The van der Waals surface area contributed by atoms with Crippen molar-refractivity contribution in [3.8, 4) is 0 Å². The molecular formula is C16H16INO4. The molecule has 22 heavy (non-hydrogen) atoms. The summed E-state index contributed by atoms with van der Waals surface area (Å²) in [6.07, 6.45) is 0. The van der Waals surface area contributed by atoms with Gasteiger partial charge in [0.25, 0.3) is 0 Å². The topological polar surface area (TPSA) is 68.4 Å². The van der Waals surface area contributed by atoms with E-state index in [1.807, 2.05) is 52.9 Å². The predicted molar refractivity (Wildman–Crippen MR) is 89.8 cm³/mol. The highest BCUT2D eigenvalue weighted by Gasteiger charge is 2.24. The highest BCUT2D eigenvalue weighted by Crippen LogP contribution is 2.22. The van der Waals surface area contributed by atoms with Crippen LogP contribution in [0.3, 0.4) is 0 Å². The van der Waals surface area contributed by atoms with Gasteiger partial charge in [-0.3, -0.25) is 0 Å². The molecule has 0 aliphatic rings. The third-order valence-corrected chi connectivity index (χ3v) is 3.91. The molecular weight excluding hydrogens is 397 g/mol. The van der Waals surface area contributed by atoms with E-state index in [1.165, 1.54) is 0 Å². The molecule has 2 aromatic rings. The van der Waals surface area contributed by atoms with Gasteiger partial charge in [0.1, 0.15) is 12.3 Å². The van der Waals surface area contributed by atoms with Gasteiger partial charge in [-0.2, -0.15) is 0 Å². The lowest BCUT2D eigenvalue weighted by molar-refractivity contribution is 0.0465. The molecule has 0 unspecified atom stereocenters. The van der Waals surface area contributed by atoms with Crippen LogP contribution in [0, 0.1) is 10.6 Å². The number of benzene rings is 1. The van der Waals surface area contributed by atoms with E-state index >= 15 is 0 Å². The first-order valence-electron chi connectivity index (χ1n) is 6.80. The first-order valence-corrected chi connectivity index (χ1v) is 7.88. The molecule has 0 spiro atoms. The average Bonchev–Trinajstić information content (AvgIpc) is 2.81. The zero-order chi connectivity index (χ0) is 16.1. The van der Waals surface area contributed by atoms with Gasteiger partial charge in [0.15, 0.2) is 0 Å². The molecule has 0 fully saturated rings. The third-order valence-electron chi connectivity index (χ3n) is 3.10. The number of aromatic amines is 1. The summed E-state index contributed by atoms with van der Waals surface area (Å²) in [4.78, 5) is 27.0. The summed E-state index contributed by atoms with van der Waals surface area (Å²) < 4.78 is 10.8. The Balaban J connectivity index is 2.13. The van der Waals surface area contributed by atoms with Crippen molar-refractivity contribution in [2.24, 2.45) is 0 Å². The molecule has 1 heterocycles. The van der Waals surface area contributed by atoms with E-state index in [9.17, 15) is 9.59 Å². The molecule has 116 valence electrons. The van der Waals surface area contributed by atoms with E-state index in [0.29, 0.717) is 14.8 Å². The lowest BCUT2D eigenvalue weighted by Crippen LogP contribution is -2.09. The smallest absolute Gasteiger partial charge is 0.355 e. The van der Waals surface area contributed by atoms with Crippen molar-refractivity contribution in [1.29, 1.82) is 0 Å². The quantitative estimate of drug-likeness (QED) is 0.602. The van der Waals surface area contributed by atoms with Gasteiger partial charge >= 0.3 is 11.9 Å². The first kappa shape index (κ1) is 16.5.